The zero-order chi connectivity index (χ0) is 14.5. The van der Waals surface area contributed by atoms with Crippen LogP contribution in [0.4, 0.5) is 0 Å². The Kier molecular flexibility index (Phi) is 6.22. The van der Waals surface area contributed by atoms with Gasteiger partial charge in [0, 0.05) is 13.1 Å². The number of hydrogen-bond acceptors (Lipinski definition) is 2. The first-order valence-electron chi connectivity index (χ1n) is 7.79. The highest BCUT2D eigenvalue weighted by Crippen LogP contribution is 2.18. The Morgan fingerprint density at radius 3 is 2.82 bits per heavy atom. The number of carbonyl (C=O) groups is 1. The van der Waals surface area contributed by atoms with Gasteiger partial charge in [-0.2, -0.15) is 0 Å². The van der Waals surface area contributed by atoms with E-state index in [1.165, 1.54) is 16.3 Å². The zero-order valence-corrected chi connectivity index (χ0v) is 13.5. The number of amides is 1. The monoisotopic (exact) mass is 318 g/mol. The summed E-state index contributed by atoms with van der Waals surface area (Å²) >= 11 is 0. The number of rotatable bonds is 4. The van der Waals surface area contributed by atoms with Crippen molar-refractivity contribution in [2.45, 2.75) is 19.3 Å². The van der Waals surface area contributed by atoms with Crippen molar-refractivity contribution in [2.75, 3.05) is 19.6 Å². The molecule has 0 radical (unpaired) electrons. The smallest absolute Gasteiger partial charge is 0.224 e. The maximum Gasteiger partial charge on any atom is 0.224 e. The molecule has 1 aliphatic rings. The number of benzene rings is 2. The summed E-state index contributed by atoms with van der Waals surface area (Å²) in [4.78, 5) is 12.1. The maximum absolute atomic E-state index is 12.1. The molecule has 1 heterocycles. The van der Waals surface area contributed by atoms with Crippen molar-refractivity contribution in [1.29, 1.82) is 0 Å². The third kappa shape index (κ3) is 3.99. The van der Waals surface area contributed by atoms with E-state index in [-0.39, 0.29) is 24.2 Å². The van der Waals surface area contributed by atoms with Crippen molar-refractivity contribution in [2.24, 2.45) is 5.92 Å². The first kappa shape index (κ1) is 16.8. The van der Waals surface area contributed by atoms with E-state index in [1.54, 1.807) is 0 Å². The molecule has 0 spiro atoms. The Balaban J connectivity index is 0.00000176. The zero-order valence-electron chi connectivity index (χ0n) is 12.7. The summed E-state index contributed by atoms with van der Waals surface area (Å²) in [5.41, 5.74) is 1.30. The number of fused-ring (bicyclic) bond motifs is 1. The molecule has 2 aromatic carbocycles. The van der Waals surface area contributed by atoms with Gasteiger partial charge in [0.15, 0.2) is 0 Å². The highest BCUT2D eigenvalue weighted by atomic mass is 35.5. The van der Waals surface area contributed by atoms with E-state index in [1.807, 2.05) is 0 Å². The van der Waals surface area contributed by atoms with Gasteiger partial charge in [0.2, 0.25) is 5.91 Å². The quantitative estimate of drug-likeness (QED) is 0.910. The SMILES string of the molecule is Cl.O=C(NCCc1cccc2ccccc12)C1CCCNC1. The number of halogens is 1. The fourth-order valence-electron chi connectivity index (χ4n) is 3.05. The summed E-state index contributed by atoms with van der Waals surface area (Å²) in [5.74, 6) is 0.341. The first-order valence-corrected chi connectivity index (χ1v) is 7.79. The predicted molar refractivity (Wildman–Crippen MR) is 93.5 cm³/mol. The first-order chi connectivity index (χ1) is 10.3. The van der Waals surface area contributed by atoms with Gasteiger partial charge in [-0.3, -0.25) is 4.79 Å². The molecule has 0 aromatic heterocycles. The Bertz CT molecular complexity index is 618. The molecule has 0 bridgehead atoms. The van der Waals surface area contributed by atoms with E-state index in [9.17, 15) is 4.79 Å². The molecule has 118 valence electrons. The van der Waals surface area contributed by atoms with E-state index in [0.29, 0.717) is 6.54 Å². The summed E-state index contributed by atoms with van der Waals surface area (Å²) in [7, 11) is 0. The lowest BCUT2D eigenvalue weighted by molar-refractivity contribution is -0.125. The van der Waals surface area contributed by atoms with Crippen LogP contribution in [-0.4, -0.2) is 25.5 Å². The molecule has 3 rings (SSSR count). The van der Waals surface area contributed by atoms with Crippen LogP contribution in [0.5, 0.6) is 0 Å². The molecule has 3 nitrogen and oxygen atoms in total. The second-order valence-corrected chi connectivity index (χ2v) is 5.72. The minimum atomic E-state index is 0. The molecule has 1 unspecified atom stereocenters. The van der Waals surface area contributed by atoms with E-state index >= 15 is 0 Å². The summed E-state index contributed by atoms with van der Waals surface area (Å²) in [6.45, 7) is 2.57. The molecule has 1 amide bonds. The number of piperidine rings is 1. The van der Waals surface area contributed by atoms with Gasteiger partial charge >= 0.3 is 0 Å². The van der Waals surface area contributed by atoms with Crippen molar-refractivity contribution in [3.63, 3.8) is 0 Å². The standard InChI is InChI=1S/C18H22N2O.ClH/c21-18(16-8-4-11-19-13-16)20-12-10-15-7-3-6-14-5-1-2-9-17(14)15;/h1-3,5-7,9,16,19H,4,8,10-13H2,(H,20,21);1H. The Morgan fingerprint density at radius 2 is 2.00 bits per heavy atom. The average molecular weight is 319 g/mol. The van der Waals surface area contributed by atoms with Crippen LogP contribution in [0.3, 0.4) is 0 Å². The van der Waals surface area contributed by atoms with E-state index < -0.39 is 0 Å². The van der Waals surface area contributed by atoms with Gasteiger partial charge in [0.05, 0.1) is 5.92 Å². The highest BCUT2D eigenvalue weighted by molar-refractivity contribution is 5.86. The molecule has 1 aliphatic heterocycles. The lowest BCUT2D eigenvalue weighted by Gasteiger charge is -2.21. The molecular formula is C18H23ClN2O. The van der Waals surface area contributed by atoms with Crippen LogP contribution >= 0.6 is 12.4 Å². The Labute approximate surface area is 137 Å². The minimum Gasteiger partial charge on any atom is -0.355 e. The van der Waals surface area contributed by atoms with Crippen molar-refractivity contribution >= 4 is 29.1 Å². The Morgan fingerprint density at radius 1 is 1.18 bits per heavy atom. The van der Waals surface area contributed by atoms with Gasteiger partial charge in [-0.05, 0) is 42.1 Å². The van der Waals surface area contributed by atoms with Crippen LogP contribution in [0.25, 0.3) is 10.8 Å². The second-order valence-electron chi connectivity index (χ2n) is 5.72. The molecule has 0 saturated carbocycles. The molecule has 2 N–H and O–H groups in total. The highest BCUT2D eigenvalue weighted by Gasteiger charge is 2.20. The van der Waals surface area contributed by atoms with Crippen molar-refractivity contribution in [3.8, 4) is 0 Å². The fourth-order valence-corrected chi connectivity index (χ4v) is 3.05. The molecule has 1 saturated heterocycles. The number of nitrogens with one attached hydrogen (secondary N) is 2. The normalized spacial score (nSPS) is 17.7. The Hall–Kier alpha value is -1.58. The topological polar surface area (TPSA) is 41.1 Å². The van der Waals surface area contributed by atoms with Crippen molar-refractivity contribution < 1.29 is 4.79 Å². The summed E-state index contributed by atoms with van der Waals surface area (Å²) in [6.07, 6.45) is 2.99. The summed E-state index contributed by atoms with van der Waals surface area (Å²) in [5, 5.41) is 8.92. The maximum atomic E-state index is 12.1. The molecule has 4 heteroatoms. The van der Waals surface area contributed by atoms with Gasteiger partial charge in [-0.25, -0.2) is 0 Å². The van der Waals surface area contributed by atoms with Crippen LogP contribution < -0.4 is 10.6 Å². The van der Waals surface area contributed by atoms with E-state index in [2.05, 4.69) is 53.1 Å². The van der Waals surface area contributed by atoms with Gasteiger partial charge in [0.1, 0.15) is 0 Å². The van der Waals surface area contributed by atoms with Crippen molar-refractivity contribution in [1.82, 2.24) is 10.6 Å². The minimum absolute atomic E-state index is 0. The van der Waals surface area contributed by atoms with Gasteiger partial charge < -0.3 is 10.6 Å². The summed E-state index contributed by atoms with van der Waals surface area (Å²) < 4.78 is 0. The molecule has 22 heavy (non-hydrogen) atoms. The van der Waals surface area contributed by atoms with Gasteiger partial charge in [-0.15, -0.1) is 12.4 Å². The lowest BCUT2D eigenvalue weighted by Crippen LogP contribution is -2.41. The van der Waals surface area contributed by atoms with Crippen LogP contribution in [0.2, 0.25) is 0 Å². The van der Waals surface area contributed by atoms with Gasteiger partial charge in [0.25, 0.3) is 0 Å². The molecule has 1 atom stereocenters. The molecule has 0 aliphatic carbocycles. The van der Waals surface area contributed by atoms with Crippen molar-refractivity contribution in [3.05, 3.63) is 48.0 Å². The van der Waals surface area contributed by atoms with Crippen LogP contribution in [0, 0.1) is 5.92 Å². The van der Waals surface area contributed by atoms with E-state index in [4.69, 9.17) is 0 Å². The second kappa shape index (κ2) is 8.16. The predicted octanol–water partition coefficient (Wildman–Crippen LogP) is 2.92. The van der Waals surface area contributed by atoms with Crippen LogP contribution in [0.1, 0.15) is 18.4 Å². The molecule has 1 fully saturated rings. The third-order valence-corrected chi connectivity index (χ3v) is 4.24. The molecular weight excluding hydrogens is 296 g/mol. The summed E-state index contributed by atoms with van der Waals surface area (Å²) in [6, 6.07) is 14.8. The van der Waals surface area contributed by atoms with E-state index in [0.717, 1.165) is 32.4 Å². The number of carbonyl (C=O) groups excluding carboxylic acids is 1. The largest absolute Gasteiger partial charge is 0.355 e. The molecule has 2 aromatic rings. The van der Waals surface area contributed by atoms with Gasteiger partial charge in [-0.1, -0.05) is 42.5 Å². The fraction of sp³-hybridized carbons (Fsp3) is 0.389. The van der Waals surface area contributed by atoms with Crippen LogP contribution in [-0.2, 0) is 11.2 Å². The van der Waals surface area contributed by atoms with Crippen LogP contribution in [0.15, 0.2) is 42.5 Å². The average Bonchev–Trinajstić information content (AvgIpc) is 2.56. The lowest BCUT2D eigenvalue weighted by atomic mass is 9.98. The number of hydrogen-bond donors (Lipinski definition) is 2. The third-order valence-electron chi connectivity index (χ3n) is 4.24.